The number of rotatable bonds is 6. The molecule has 0 aliphatic rings. The van der Waals surface area contributed by atoms with E-state index in [0.717, 1.165) is 0 Å². The molecular weight excluding hydrogens is 296 g/mol. The van der Waals surface area contributed by atoms with E-state index in [1.54, 1.807) is 13.0 Å². The zero-order valence-electron chi connectivity index (χ0n) is 11.9. The van der Waals surface area contributed by atoms with E-state index < -0.39 is 10.0 Å². The van der Waals surface area contributed by atoms with Gasteiger partial charge in [-0.05, 0) is 19.1 Å². The van der Waals surface area contributed by atoms with Crippen LogP contribution in [-0.2, 0) is 16.6 Å². The van der Waals surface area contributed by atoms with E-state index in [0.29, 0.717) is 17.4 Å². The largest absolute Gasteiger partial charge is 0.497 e. The Kier molecular flexibility index (Phi) is 4.49. The molecular formula is C13H16N2O5S. The Morgan fingerprint density at radius 2 is 2.05 bits per heavy atom. The smallest absolute Gasteiger partial charge is 0.244 e. The summed E-state index contributed by atoms with van der Waals surface area (Å²) in [5.74, 6) is 1.62. The lowest BCUT2D eigenvalue weighted by Gasteiger charge is -2.11. The second-order valence-electron chi connectivity index (χ2n) is 4.21. The van der Waals surface area contributed by atoms with Crippen molar-refractivity contribution < 1.29 is 22.3 Å². The molecule has 0 amide bonds. The second-order valence-corrected chi connectivity index (χ2v) is 5.94. The van der Waals surface area contributed by atoms with Gasteiger partial charge in [0, 0.05) is 6.07 Å². The fourth-order valence-electron chi connectivity index (χ4n) is 1.71. The zero-order valence-corrected chi connectivity index (χ0v) is 12.7. The van der Waals surface area contributed by atoms with Gasteiger partial charge in [-0.1, -0.05) is 0 Å². The van der Waals surface area contributed by atoms with Crippen LogP contribution in [0.5, 0.6) is 11.5 Å². The number of benzene rings is 1. The highest BCUT2D eigenvalue weighted by Gasteiger charge is 2.20. The standard InChI is InChI=1S/C13H16N2O5S/c1-9-7-14-13(20-9)8-15-21(16,17)12-5-4-10(18-2)6-11(12)19-3/h4-7,15H,8H2,1-3H3. The van der Waals surface area contributed by atoms with Crippen LogP contribution in [0, 0.1) is 6.92 Å². The summed E-state index contributed by atoms with van der Waals surface area (Å²) in [5.41, 5.74) is 0. The average Bonchev–Trinajstić information content (AvgIpc) is 2.90. The lowest BCUT2D eigenvalue weighted by Crippen LogP contribution is -2.23. The molecule has 0 unspecified atom stereocenters. The highest BCUT2D eigenvalue weighted by molar-refractivity contribution is 7.89. The van der Waals surface area contributed by atoms with Gasteiger partial charge in [0.05, 0.1) is 27.0 Å². The molecule has 0 bridgehead atoms. The molecule has 0 saturated carbocycles. The van der Waals surface area contributed by atoms with Crippen molar-refractivity contribution in [2.45, 2.75) is 18.4 Å². The van der Waals surface area contributed by atoms with E-state index in [2.05, 4.69) is 9.71 Å². The van der Waals surface area contributed by atoms with Gasteiger partial charge in [-0.15, -0.1) is 0 Å². The third-order valence-corrected chi connectivity index (χ3v) is 4.18. The molecule has 0 atom stereocenters. The number of aromatic nitrogens is 1. The van der Waals surface area contributed by atoms with Crippen LogP contribution in [0.4, 0.5) is 0 Å². The van der Waals surface area contributed by atoms with Gasteiger partial charge in [-0.3, -0.25) is 0 Å². The number of hydrogen-bond acceptors (Lipinski definition) is 6. The van der Waals surface area contributed by atoms with Crippen LogP contribution in [0.1, 0.15) is 11.7 Å². The predicted molar refractivity (Wildman–Crippen MR) is 74.8 cm³/mol. The van der Waals surface area contributed by atoms with Crippen molar-refractivity contribution in [3.63, 3.8) is 0 Å². The molecule has 0 aliphatic carbocycles. The first-order valence-corrected chi connectivity index (χ1v) is 7.57. The van der Waals surface area contributed by atoms with Crippen molar-refractivity contribution in [2.75, 3.05) is 14.2 Å². The Morgan fingerprint density at radius 3 is 2.62 bits per heavy atom. The molecule has 1 N–H and O–H groups in total. The maximum Gasteiger partial charge on any atom is 0.244 e. The Hall–Kier alpha value is -2.06. The molecule has 7 nitrogen and oxygen atoms in total. The van der Waals surface area contributed by atoms with Crippen LogP contribution >= 0.6 is 0 Å². The van der Waals surface area contributed by atoms with E-state index in [-0.39, 0.29) is 17.2 Å². The summed E-state index contributed by atoms with van der Waals surface area (Å²) in [5, 5.41) is 0. The van der Waals surface area contributed by atoms with Crippen LogP contribution in [0.2, 0.25) is 0 Å². The third kappa shape index (κ3) is 3.53. The molecule has 1 heterocycles. The summed E-state index contributed by atoms with van der Waals surface area (Å²) in [6.07, 6.45) is 1.53. The normalized spacial score (nSPS) is 11.4. The quantitative estimate of drug-likeness (QED) is 0.869. The number of nitrogens with zero attached hydrogens (tertiary/aromatic N) is 1. The Bertz CT molecular complexity index is 724. The number of sulfonamides is 1. The van der Waals surface area contributed by atoms with E-state index in [1.807, 2.05) is 0 Å². The molecule has 1 aromatic carbocycles. The van der Waals surface area contributed by atoms with Gasteiger partial charge in [0.2, 0.25) is 15.9 Å². The number of methoxy groups -OCH3 is 2. The fourth-order valence-corrected chi connectivity index (χ4v) is 2.84. The molecule has 2 rings (SSSR count). The van der Waals surface area contributed by atoms with Crippen molar-refractivity contribution in [3.8, 4) is 11.5 Å². The van der Waals surface area contributed by atoms with Crippen LogP contribution < -0.4 is 14.2 Å². The topological polar surface area (TPSA) is 90.7 Å². The van der Waals surface area contributed by atoms with E-state index in [9.17, 15) is 8.42 Å². The van der Waals surface area contributed by atoms with E-state index in [1.165, 1.54) is 32.5 Å². The summed E-state index contributed by atoms with van der Waals surface area (Å²) >= 11 is 0. The molecule has 0 radical (unpaired) electrons. The van der Waals surface area contributed by atoms with Crippen molar-refractivity contribution in [3.05, 3.63) is 36.0 Å². The monoisotopic (exact) mass is 312 g/mol. The first kappa shape index (κ1) is 15.3. The maximum absolute atomic E-state index is 12.3. The Morgan fingerprint density at radius 1 is 1.29 bits per heavy atom. The predicted octanol–water partition coefficient (Wildman–Crippen LogP) is 1.48. The van der Waals surface area contributed by atoms with Crippen LogP contribution in [0.25, 0.3) is 0 Å². The Balaban J connectivity index is 2.22. The SMILES string of the molecule is COc1ccc(S(=O)(=O)NCc2ncc(C)o2)c(OC)c1. The molecule has 114 valence electrons. The van der Waals surface area contributed by atoms with Crippen molar-refractivity contribution in [1.29, 1.82) is 0 Å². The highest BCUT2D eigenvalue weighted by atomic mass is 32.2. The summed E-state index contributed by atoms with van der Waals surface area (Å²) in [7, 11) is -0.861. The van der Waals surface area contributed by atoms with Crippen LogP contribution in [0.15, 0.2) is 33.7 Å². The molecule has 0 spiro atoms. The molecule has 0 aliphatic heterocycles. The Labute approximate surface area is 122 Å². The van der Waals surface area contributed by atoms with Gasteiger partial charge < -0.3 is 13.9 Å². The molecule has 0 fully saturated rings. The summed E-state index contributed by atoms with van der Waals surface area (Å²) in [4.78, 5) is 3.96. The zero-order chi connectivity index (χ0) is 15.5. The van der Waals surface area contributed by atoms with Gasteiger partial charge in [-0.2, -0.15) is 0 Å². The first-order valence-electron chi connectivity index (χ1n) is 6.09. The summed E-state index contributed by atoms with van der Waals surface area (Å²) in [6.45, 7) is 1.70. The minimum atomic E-state index is -3.75. The first-order chi connectivity index (χ1) is 9.96. The van der Waals surface area contributed by atoms with Gasteiger partial charge in [0.25, 0.3) is 0 Å². The molecule has 2 aromatic rings. The number of hydrogen-bond donors (Lipinski definition) is 1. The minimum absolute atomic E-state index is 0.0223. The average molecular weight is 312 g/mol. The van der Waals surface area contributed by atoms with Gasteiger partial charge in [0.1, 0.15) is 22.2 Å². The molecule has 8 heteroatoms. The fraction of sp³-hybridized carbons (Fsp3) is 0.308. The summed E-state index contributed by atoms with van der Waals surface area (Å²) < 4.78 is 42.3. The van der Waals surface area contributed by atoms with Gasteiger partial charge in [0.15, 0.2) is 0 Å². The maximum atomic E-state index is 12.3. The minimum Gasteiger partial charge on any atom is -0.497 e. The van der Waals surface area contributed by atoms with E-state index in [4.69, 9.17) is 13.9 Å². The highest BCUT2D eigenvalue weighted by Crippen LogP contribution is 2.28. The van der Waals surface area contributed by atoms with Crippen LogP contribution in [0.3, 0.4) is 0 Å². The summed E-state index contributed by atoms with van der Waals surface area (Å²) in [6, 6.07) is 4.47. The van der Waals surface area contributed by atoms with E-state index >= 15 is 0 Å². The molecule has 0 saturated heterocycles. The lowest BCUT2D eigenvalue weighted by molar-refractivity contribution is 0.385. The van der Waals surface area contributed by atoms with Crippen molar-refractivity contribution in [1.82, 2.24) is 9.71 Å². The molecule has 21 heavy (non-hydrogen) atoms. The van der Waals surface area contributed by atoms with Crippen LogP contribution in [-0.4, -0.2) is 27.6 Å². The lowest BCUT2D eigenvalue weighted by atomic mass is 10.3. The second kappa shape index (κ2) is 6.15. The van der Waals surface area contributed by atoms with Crippen molar-refractivity contribution >= 4 is 10.0 Å². The number of ether oxygens (including phenoxy) is 2. The molecule has 1 aromatic heterocycles. The number of oxazole rings is 1. The van der Waals surface area contributed by atoms with Gasteiger partial charge in [-0.25, -0.2) is 18.1 Å². The van der Waals surface area contributed by atoms with Crippen molar-refractivity contribution in [2.24, 2.45) is 0 Å². The number of aryl methyl sites for hydroxylation is 1. The third-order valence-electron chi connectivity index (χ3n) is 2.74. The number of nitrogens with one attached hydrogen (secondary N) is 1. The van der Waals surface area contributed by atoms with Gasteiger partial charge >= 0.3 is 0 Å².